The molecule has 4 N–H and O–H groups in total. The van der Waals surface area contributed by atoms with E-state index in [-0.39, 0.29) is 17.7 Å². The minimum absolute atomic E-state index is 0.101. The van der Waals surface area contributed by atoms with Crippen molar-refractivity contribution in [1.82, 2.24) is 0 Å². The second kappa shape index (κ2) is 7.26. The number of nitrogens with one attached hydrogen (secondary N) is 2. The van der Waals surface area contributed by atoms with Crippen LogP contribution in [-0.2, 0) is 9.59 Å². The van der Waals surface area contributed by atoms with E-state index in [1.807, 2.05) is 13.8 Å². The number of halogens is 1. The van der Waals surface area contributed by atoms with Crippen molar-refractivity contribution in [3.05, 3.63) is 23.2 Å². The zero-order chi connectivity index (χ0) is 15.3. The summed E-state index contributed by atoms with van der Waals surface area (Å²) in [6.45, 7) is 5.31. The Bertz CT molecular complexity index is 505. The van der Waals surface area contributed by atoms with Crippen LogP contribution in [-0.4, -0.2) is 17.9 Å². The Balaban J connectivity index is 2.76. The summed E-state index contributed by atoms with van der Waals surface area (Å²) in [5.41, 5.74) is 6.90. The van der Waals surface area contributed by atoms with Crippen molar-refractivity contribution in [2.75, 3.05) is 10.6 Å². The zero-order valence-electron chi connectivity index (χ0n) is 11.9. The molecule has 0 fully saturated rings. The Morgan fingerprint density at radius 2 is 2.00 bits per heavy atom. The highest BCUT2D eigenvalue weighted by Crippen LogP contribution is 2.25. The molecule has 0 bridgehead atoms. The van der Waals surface area contributed by atoms with Gasteiger partial charge in [-0.15, -0.1) is 0 Å². The predicted molar refractivity (Wildman–Crippen MR) is 81.8 cm³/mol. The summed E-state index contributed by atoms with van der Waals surface area (Å²) in [5, 5.41) is 5.67. The topological polar surface area (TPSA) is 84.2 Å². The van der Waals surface area contributed by atoms with E-state index >= 15 is 0 Å². The SMILES string of the molecule is CC[C@H](C)[C@H](N)C(=O)Nc1ccc(NC(C)=O)c(Cl)c1. The first-order valence-electron chi connectivity index (χ1n) is 6.48. The molecule has 2 amide bonds. The van der Waals surface area contributed by atoms with Gasteiger partial charge < -0.3 is 16.4 Å². The molecule has 6 heteroatoms. The summed E-state index contributed by atoms with van der Waals surface area (Å²) in [6.07, 6.45) is 0.830. The normalized spacial score (nSPS) is 13.4. The minimum Gasteiger partial charge on any atom is -0.325 e. The Kier molecular flexibility index (Phi) is 5.98. The number of benzene rings is 1. The van der Waals surface area contributed by atoms with Crippen LogP contribution in [0.3, 0.4) is 0 Å². The maximum absolute atomic E-state index is 11.9. The number of carbonyl (C=O) groups excluding carboxylic acids is 2. The van der Waals surface area contributed by atoms with E-state index in [2.05, 4.69) is 10.6 Å². The fraction of sp³-hybridized carbons (Fsp3) is 0.429. The van der Waals surface area contributed by atoms with Gasteiger partial charge in [-0.25, -0.2) is 0 Å². The van der Waals surface area contributed by atoms with Gasteiger partial charge in [-0.05, 0) is 24.1 Å². The molecule has 0 spiro atoms. The number of nitrogens with two attached hydrogens (primary N) is 1. The molecule has 0 aliphatic carbocycles. The lowest BCUT2D eigenvalue weighted by Crippen LogP contribution is -2.40. The highest BCUT2D eigenvalue weighted by atomic mass is 35.5. The third-order valence-electron chi connectivity index (χ3n) is 3.11. The fourth-order valence-electron chi connectivity index (χ4n) is 1.62. The van der Waals surface area contributed by atoms with E-state index in [4.69, 9.17) is 17.3 Å². The standard InChI is InChI=1S/C14H20ClN3O2/c1-4-8(2)13(16)14(20)18-10-5-6-12(11(15)7-10)17-9(3)19/h5-8,13H,4,16H2,1-3H3,(H,17,19)(H,18,20)/t8-,13-/m0/s1. The minimum atomic E-state index is -0.561. The second-order valence-corrected chi connectivity index (χ2v) is 5.18. The third kappa shape index (κ3) is 4.51. The number of anilines is 2. The molecule has 1 aromatic rings. The van der Waals surface area contributed by atoms with Gasteiger partial charge in [0.15, 0.2) is 0 Å². The van der Waals surface area contributed by atoms with Gasteiger partial charge in [-0.1, -0.05) is 31.9 Å². The summed E-state index contributed by atoms with van der Waals surface area (Å²) in [5.74, 6) is -0.353. The molecule has 0 aromatic heterocycles. The van der Waals surface area contributed by atoms with Gasteiger partial charge >= 0.3 is 0 Å². The lowest BCUT2D eigenvalue weighted by Gasteiger charge is -2.18. The molecule has 0 saturated heterocycles. The van der Waals surface area contributed by atoms with Crippen molar-refractivity contribution >= 4 is 34.8 Å². The number of rotatable bonds is 5. The lowest BCUT2D eigenvalue weighted by atomic mass is 9.99. The van der Waals surface area contributed by atoms with E-state index in [0.717, 1.165) is 6.42 Å². The lowest BCUT2D eigenvalue weighted by molar-refractivity contribution is -0.118. The van der Waals surface area contributed by atoms with Crippen LogP contribution < -0.4 is 16.4 Å². The first kappa shape index (κ1) is 16.5. The van der Waals surface area contributed by atoms with Crippen LogP contribution in [0, 0.1) is 5.92 Å². The number of hydrogen-bond donors (Lipinski definition) is 3. The van der Waals surface area contributed by atoms with Gasteiger partial charge in [0.25, 0.3) is 0 Å². The van der Waals surface area contributed by atoms with Crippen LogP contribution in [0.25, 0.3) is 0 Å². The average molecular weight is 298 g/mol. The molecule has 5 nitrogen and oxygen atoms in total. The molecule has 0 aliphatic heterocycles. The van der Waals surface area contributed by atoms with Crippen molar-refractivity contribution in [3.8, 4) is 0 Å². The zero-order valence-corrected chi connectivity index (χ0v) is 12.6. The first-order valence-corrected chi connectivity index (χ1v) is 6.86. The molecule has 0 saturated carbocycles. The van der Waals surface area contributed by atoms with Gasteiger partial charge in [0.05, 0.1) is 16.8 Å². The quantitative estimate of drug-likeness (QED) is 0.781. The first-order chi connectivity index (χ1) is 9.35. The number of carbonyl (C=O) groups is 2. The van der Waals surface area contributed by atoms with Crippen LogP contribution >= 0.6 is 11.6 Å². The molecule has 20 heavy (non-hydrogen) atoms. The third-order valence-corrected chi connectivity index (χ3v) is 3.42. The second-order valence-electron chi connectivity index (χ2n) is 4.78. The molecule has 1 rings (SSSR count). The van der Waals surface area contributed by atoms with Gasteiger partial charge in [-0.3, -0.25) is 9.59 Å². The van der Waals surface area contributed by atoms with E-state index in [9.17, 15) is 9.59 Å². The Morgan fingerprint density at radius 1 is 1.35 bits per heavy atom. The maximum atomic E-state index is 11.9. The van der Waals surface area contributed by atoms with E-state index in [1.165, 1.54) is 6.92 Å². The monoisotopic (exact) mass is 297 g/mol. The number of amides is 2. The Hall–Kier alpha value is -1.59. The average Bonchev–Trinajstić information content (AvgIpc) is 2.39. The van der Waals surface area contributed by atoms with Gasteiger partial charge in [0.2, 0.25) is 11.8 Å². The molecule has 110 valence electrons. The predicted octanol–water partition coefficient (Wildman–Crippen LogP) is 2.61. The van der Waals surface area contributed by atoms with Crippen LogP contribution in [0.4, 0.5) is 11.4 Å². The van der Waals surface area contributed by atoms with Crippen molar-refractivity contribution < 1.29 is 9.59 Å². The van der Waals surface area contributed by atoms with Gasteiger partial charge in [0.1, 0.15) is 0 Å². The highest BCUT2D eigenvalue weighted by molar-refractivity contribution is 6.34. The van der Waals surface area contributed by atoms with E-state index < -0.39 is 6.04 Å². The van der Waals surface area contributed by atoms with E-state index in [1.54, 1.807) is 18.2 Å². The Labute approximate surface area is 123 Å². The molecule has 2 atom stereocenters. The van der Waals surface area contributed by atoms with Gasteiger partial charge in [0, 0.05) is 12.6 Å². The molecule has 0 radical (unpaired) electrons. The fourth-order valence-corrected chi connectivity index (χ4v) is 1.85. The molecule has 0 aliphatic rings. The van der Waals surface area contributed by atoms with Crippen molar-refractivity contribution in [1.29, 1.82) is 0 Å². The molecule has 0 heterocycles. The van der Waals surface area contributed by atoms with Crippen molar-refractivity contribution in [2.24, 2.45) is 11.7 Å². The number of hydrogen-bond acceptors (Lipinski definition) is 3. The highest BCUT2D eigenvalue weighted by Gasteiger charge is 2.19. The van der Waals surface area contributed by atoms with Crippen molar-refractivity contribution in [3.63, 3.8) is 0 Å². The van der Waals surface area contributed by atoms with Crippen LogP contribution in [0.5, 0.6) is 0 Å². The summed E-state index contributed by atoms with van der Waals surface area (Å²) < 4.78 is 0. The summed E-state index contributed by atoms with van der Waals surface area (Å²) in [6, 6.07) is 4.31. The summed E-state index contributed by atoms with van der Waals surface area (Å²) >= 11 is 6.03. The molecule has 1 aromatic carbocycles. The van der Waals surface area contributed by atoms with Gasteiger partial charge in [-0.2, -0.15) is 0 Å². The van der Waals surface area contributed by atoms with Crippen LogP contribution in [0.2, 0.25) is 5.02 Å². The molecule has 0 unspecified atom stereocenters. The summed E-state index contributed by atoms with van der Waals surface area (Å²) in [4.78, 5) is 22.9. The van der Waals surface area contributed by atoms with Crippen molar-refractivity contribution in [2.45, 2.75) is 33.2 Å². The summed E-state index contributed by atoms with van der Waals surface area (Å²) in [7, 11) is 0. The molecular formula is C14H20ClN3O2. The van der Waals surface area contributed by atoms with Crippen LogP contribution in [0.15, 0.2) is 18.2 Å². The molecular weight excluding hydrogens is 278 g/mol. The smallest absolute Gasteiger partial charge is 0.241 e. The largest absolute Gasteiger partial charge is 0.325 e. The van der Waals surface area contributed by atoms with E-state index in [0.29, 0.717) is 16.4 Å². The van der Waals surface area contributed by atoms with Crippen LogP contribution in [0.1, 0.15) is 27.2 Å². The Morgan fingerprint density at radius 3 is 2.50 bits per heavy atom. The maximum Gasteiger partial charge on any atom is 0.241 e.